The van der Waals surface area contributed by atoms with Crippen LogP contribution < -0.4 is 10.6 Å². The molecule has 388 valence electrons. The van der Waals surface area contributed by atoms with Crippen molar-refractivity contribution < 1.29 is 51.8 Å². The van der Waals surface area contributed by atoms with Crippen LogP contribution in [0.2, 0.25) is 0 Å². The van der Waals surface area contributed by atoms with Crippen molar-refractivity contribution in [3.63, 3.8) is 0 Å². The summed E-state index contributed by atoms with van der Waals surface area (Å²) in [5.41, 5.74) is 1.13. The lowest BCUT2D eigenvalue weighted by Gasteiger charge is -2.42. The largest absolute Gasteiger partial charge is 0.444 e. The standard InChI is InChI=1S/C53H72F2N6O9S/c1-52(2,3)50(44-31-40(42-32-41(54)16-17-43(42)55)36-59(44)33-38-13-9-7-10-14-38)61(35-39-20-25-58(34-39)51(67)70-53(4,5)6)49(66)37-71-30-21-46(63)57-23-27-69-29-28-68-26-22-56-45(62)15-11-8-12-24-60-47(64)18-19-48(60)65/h7,9-10,13-14,16-19,31-32,36,39,50H,8,11-12,15,20-30,33-35,37H2,1-6H3,(H,56,62)(H,57,63). The summed E-state index contributed by atoms with van der Waals surface area (Å²) in [6.07, 6.45) is 7.15. The van der Waals surface area contributed by atoms with E-state index >= 15 is 4.39 Å². The SMILES string of the molecule is CC(C)(C)OC(=O)N1CCC(CN(C(=O)CSCCC(=O)NCCOCCOCCNC(=O)CCCCCN2C(=O)C=CC2=O)C(c2cc(-c3cc(F)ccc3F)cn2Cc2ccccc2)C(C)(C)C)C1. The fourth-order valence-corrected chi connectivity index (χ4v) is 9.34. The van der Waals surface area contributed by atoms with Crippen LogP contribution in [0.3, 0.4) is 0 Å². The molecule has 2 unspecified atom stereocenters. The molecule has 18 heteroatoms. The van der Waals surface area contributed by atoms with Crippen LogP contribution in [-0.2, 0) is 44.7 Å². The van der Waals surface area contributed by atoms with E-state index in [4.69, 9.17) is 14.2 Å². The predicted molar refractivity (Wildman–Crippen MR) is 269 cm³/mol. The Kier molecular flexibility index (Phi) is 21.7. The second kappa shape index (κ2) is 27.3. The van der Waals surface area contributed by atoms with E-state index in [1.807, 2.05) is 72.8 Å². The predicted octanol–water partition coefficient (Wildman–Crippen LogP) is 7.53. The Bertz CT molecular complexity index is 2280. The van der Waals surface area contributed by atoms with Gasteiger partial charge in [0.2, 0.25) is 17.7 Å². The van der Waals surface area contributed by atoms with E-state index in [-0.39, 0.29) is 59.8 Å². The van der Waals surface area contributed by atoms with Gasteiger partial charge < -0.3 is 39.2 Å². The molecule has 3 heterocycles. The minimum Gasteiger partial charge on any atom is -0.444 e. The van der Waals surface area contributed by atoms with Crippen molar-refractivity contribution in [1.82, 2.24) is 29.9 Å². The molecular formula is C53H72F2N6O9S. The van der Waals surface area contributed by atoms with Gasteiger partial charge in [-0.1, -0.05) is 57.5 Å². The number of thioether (sulfide) groups is 1. The van der Waals surface area contributed by atoms with Crippen LogP contribution in [-0.4, -0.2) is 138 Å². The Labute approximate surface area is 421 Å². The van der Waals surface area contributed by atoms with E-state index in [1.54, 1.807) is 4.90 Å². The molecule has 1 saturated heterocycles. The minimum atomic E-state index is -0.661. The number of hydrogen-bond acceptors (Lipinski definition) is 10. The number of nitrogens with one attached hydrogen (secondary N) is 2. The minimum absolute atomic E-state index is 0.0623. The first-order valence-corrected chi connectivity index (χ1v) is 25.7. The Morgan fingerprint density at radius 3 is 2.14 bits per heavy atom. The molecule has 15 nitrogen and oxygen atoms in total. The van der Waals surface area contributed by atoms with Crippen molar-refractivity contribution in [2.24, 2.45) is 11.3 Å². The zero-order valence-corrected chi connectivity index (χ0v) is 43.0. The summed E-state index contributed by atoms with van der Waals surface area (Å²) < 4.78 is 48.8. The van der Waals surface area contributed by atoms with Gasteiger partial charge in [0.25, 0.3) is 11.8 Å². The molecule has 0 spiro atoms. The van der Waals surface area contributed by atoms with Gasteiger partial charge in [0.15, 0.2) is 0 Å². The third-order valence-electron chi connectivity index (χ3n) is 11.9. The first kappa shape index (κ1) is 56.3. The molecule has 6 amide bonds. The van der Waals surface area contributed by atoms with Gasteiger partial charge in [0, 0.05) is 99.6 Å². The summed E-state index contributed by atoms with van der Waals surface area (Å²) in [5, 5.41) is 5.66. The van der Waals surface area contributed by atoms with Gasteiger partial charge in [0.1, 0.15) is 17.2 Å². The van der Waals surface area contributed by atoms with Crippen LogP contribution in [0.1, 0.15) is 97.4 Å². The highest BCUT2D eigenvalue weighted by atomic mass is 32.2. The van der Waals surface area contributed by atoms with Gasteiger partial charge in [0.05, 0.1) is 38.2 Å². The number of likely N-dealkylation sites (tertiary alicyclic amines) is 1. The maximum atomic E-state index is 15.4. The molecule has 1 aromatic heterocycles. The molecule has 0 saturated carbocycles. The Morgan fingerprint density at radius 1 is 0.831 bits per heavy atom. The number of halogens is 2. The first-order chi connectivity index (χ1) is 33.8. The maximum Gasteiger partial charge on any atom is 0.410 e. The highest BCUT2D eigenvalue weighted by Gasteiger charge is 2.40. The van der Waals surface area contributed by atoms with Crippen LogP contribution in [0.15, 0.2) is 72.9 Å². The molecule has 3 aromatic rings. The first-order valence-electron chi connectivity index (χ1n) is 24.6. The zero-order chi connectivity index (χ0) is 51.6. The van der Waals surface area contributed by atoms with Crippen LogP contribution in [0.25, 0.3) is 11.1 Å². The molecule has 2 aliphatic heterocycles. The monoisotopic (exact) mass is 1010 g/mol. The van der Waals surface area contributed by atoms with Gasteiger partial charge in [-0.05, 0) is 81.2 Å². The van der Waals surface area contributed by atoms with Crippen LogP contribution in [0.5, 0.6) is 0 Å². The second-order valence-electron chi connectivity index (χ2n) is 20.0. The van der Waals surface area contributed by atoms with Crippen LogP contribution in [0, 0.1) is 23.0 Å². The van der Waals surface area contributed by atoms with Gasteiger partial charge >= 0.3 is 6.09 Å². The quantitative estimate of drug-likeness (QED) is 0.0576. The number of ether oxygens (including phenoxy) is 3. The smallest absolute Gasteiger partial charge is 0.410 e. The van der Waals surface area contributed by atoms with Gasteiger partial charge in [-0.2, -0.15) is 11.8 Å². The number of benzene rings is 2. The topological polar surface area (TPSA) is 169 Å². The van der Waals surface area contributed by atoms with Crippen molar-refractivity contribution in [3.8, 4) is 11.1 Å². The highest BCUT2D eigenvalue weighted by molar-refractivity contribution is 7.99. The van der Waals surface area contributed by atoms with Crippen molar-refractivity contribution >= 4 is 47.4 Å². The number of nitrogens with zero attached hydrogens (tertiary/aromatic N) is 4. The van der Waals surface area contributed by atoms with Crippen LogP contribution >= 0.6 is 11.8 Å². The third kappa shape index (κ3) is 18.5. The number of rotatable bonds is 27. The van der Waals surface area contributed by atoms with Gasteiger partial charge in [-0.3, -0.25) is 28.9 Å². The van der Waals surface area contributed by atoms with Crippen molar-refractivity contribution in [2.75, 3.05) is 77.2 Å². The molecule has 2 aromatic carbocycles. The lowest BCUT2D eigenvalue weighted by atomic mass is 9.82. The van der Waals surface area contributed by atoms with E-state index in [9.17, 15) is 33.2 Å². The summed E-state index contributed by atoms with van der Waals surface area (Å²) in [6, 6.07) is 14.5. The Morgan fingerprint density at radius 2 is 1.49 bits per heavy atom. The number of carbonyl (C=O) groups excluding carboxylic acids is 6. The third-order valence-corrected chi connectivity index (χ3v) is 12.8. The van der Waals surface area contributed by atoms with Gasteiger partial charge in [-0.25, -0.2) is 13.6 Å². The number of imide groups is 1. The number of amides is 6. The highest BCUT2D eigenvalue weighted by Crippen LogP contribution is 2.42. The summed E-state index contributed by atoms with van der Waals surface area (Å²) in [6.45, 7) is 15.5. The van der Waals surface area contributed by atoms with Crippen LogP contribution in [0.4, 0.5) is 13.6 Å². The number of aromatic nitrogens is 1. The summed E-state index contributed by atoms with van der Waals surface area (Å²) in [5.74, 6) is -1.72. The lowest BCUT2D eigenvalue weighted by molar-refractivity contribution is -0.137. The summed E-state index contributed by atoms with van der Waals surface area (Å²) in [7, 11) is 0. The molecule has 0 bridgehead atoms. The number of unbranched alkanes of at least 4 members (excludes halogenated alkanes) is 2. The van der Waals surface area contributed by atoms with Crippen molar-refractivity contribution in [2.45, 2.75) is 98.3 Å². The Balaban J connectivity index is 1.10. The molecule has 5 rings (SSSR count). The average molecular weight is 1010 g/mol. The molecule has 1 fully saturated rings. The van der Waals surface area contributed by atoms with Crippen molar-refractivity contribution in [3.05, 3.63) is 95.8 Å². The fraction of sp³-hybridized carbons (Fsp3) is 0.547. The zero-order valence-electron chi connectivity index (χ0n) is 42.1. The molecule has 71 heavy (non-hydrogen) atoms. The lowest BCUT2D eigenvalue weighted by Crippen LogP contribution is -2.46. The summed E-state index contributed by atoms with van der Waals surface area (Å²) in [4.78, 5) is 80.6. The maximum absolute atomic E-state index is 15.4. The molecule has 0 radical (unpaired) electrons. The molecule has 2 atom stereocenters. The summed E-state index contributed by atoms with van der Waals surface area (Å²) >= 11 is 1.36. The Hall–Kier alpha value is -5.59. The number of carbonyl (C=O) groups is 6. The van der Waals surface area contributed by atoms with E-state index in [1.165, 1.54) is 34.9 Å². The van der Waals surface area contributed by atoms with Gasteiger partial charge in [-0.15, -0.1) is 0 Å². The molecule has 2 N–H and O–H groups in total. The van der Waals surface area contributed by atoms with E-state index < -0.39 is 34.8 Å². The normalized spacial score (nSPS) is 15.4. The van der Waals surface area contributed by atoms with Crippen molar-refractivity contribution in [1.29, 1.82) is 0 Å². The van der Waals surface area contributed by atoms with E-state index in [0.717, 1.165) is 29.8 Å². The average Bonchev–Trinajstić information content (AvgIpc) is 4.04. The number of hydrogen-bond donors (Lipinski definition) is 2. The molecule has 0 aliphatic carbocycles. The fourth-order valence-electron chi connectivity index (χ4n) is 8.53. The molecule has 2 aliphatic rings. The molecular weight excluding hydrogens is 935 g/mol. The van der Waals surface area contributed by atoms with E-state index in [0.29, 0.717) is 103 Å². The van der Waals surface area contributed by atoms with E-state index in [2.05, 4.69) is 31.4 Å². The second-order valence-corrected chi connectivity index (χ2v) is 21.1.